The number of rotatable bonds is 7. The Balaban J connectivity index is 1.49. The number of nitrogens with one attached hydrogen (secondary N) is 3. The third-order valence-corrected chi connectivity index (χ3v) is 5.26. The zero-order chi connectivity index (χ0) is 19.1. The van der Waals surface area contributed by atoms with Crippen LogP contribution < -0.4 is 16.2 Å². The Morgan fingerprint density at radius 1 is 1.15 bits per heavy atom. The SMILES string of the molecule is S=C(NCc1ccco1)NNCC1=CCCCN1Cc1c(Cl)cccc1Cl. The van der Waals surface area contributed by atoms with Crippen LogP contribution in [0.25, 0.3) is 0 Å². The van der Waals surface area contributed by atoms with Gasteiger partial charge in [-0.05, 0) is 49.3 Å². The molecule has 0 amide bonds. The maximum atomic E-state index is 6.33. The predicted octanol–water partition coefficient (Wildman–Crippen LogP) is 4.24. The number of furan rings is 1. The summed E-state index contributed by atoms with van der Waals surface area (Å²) >= 11 is 17.9. The van der Waals surface area contributed by atoms with E-state index in [-0.39, 0.29) is 0 Å². The Morgan fingerprint density at radius 3 is 2.70 bits per heavy atom. The fourth-order valence-electron chi connectivity index (χ4n) is 2.90. The standard InChI is InChI=1S/C19H22Cl2N4OS/c20-17-7-3-8-18(21)16(17)13-25-9-2-1-5-14(25)11-23-24-19(27)22-12-15-6-4-10-26-15/h3-8,10,23H,1-2,9,11-13H2,(H2,22,24,27). The van der Waals surface area contributed by atoms with Crippen LogP contribution in [0.2, 0.25) is 10.0 Å². The largest absolute Gasteiger partial charge is 0.467 e. The van der Waals surface area contributed by atoms with Crippen molar-refractivity contribution in [3.63, 3.8) is 0 Å². The minimum atomic E-state index is 0.517. The lowest BCUT2D eigenvalue weighted by Crippen LogP contribution is -2.46. The maximum Gasteiger partial charge on any atom is 0.181 e. The van der Waals surface area contributed by atoms with Crippen molar-refractivity contribution < 1.29 is 4.42 Å². The number of nitrogens with zero attached hydrogens (tertiary/aromatic N) is 1. The average Bonchev–Trinajstić information content (AvgIpc) is 3.18. The van der Waals surface area contributed by atoms with Crippen LogP contribution >= 0.6 is 35.4 Å². The molecular formula is C19H22Cl2N4OS. The molecule has 3 rings (SSSR count). The first-order chi connectivity index (χ1) is 13.1. The number of thiocarbonyl (C=S) groups is 1. The zero-order valence-electron chi connectivity index (χ0n) is 14.8. The van der Waals surface area contributed by atoms with Gasteiger partial charge in [-0.25, -0.2) is 5.43 Å². The molecule has 8 heteroatoms. The fraction of sp³-hybridized carbons (Fsp3) is 0.316. The van der Waals surface area contributed by atoms with Crippen molar-refractivity contribution in [3.05, 3.63) is 69.7 Å². The molecule has 0 unspecified atom stereocenters. The summed E-state index contributed by atoms with van der Waals surface area (Å²) in [6.45, 7) is 2.84. The van der Waals surface area contributed by atoms with Gasteiger partial charge in [-0.2, -0.15) is 0 Å². The van der Waals surface area contributed by atoms with Crippen LogP contribution in [0.15, 0.2) is 52.8 Å². The minimum absolute atomic E-state index is 0.517. The summed E-state index contributed by atoms with van der Waals surface area (Å²) in [5.41, 5.74) is 8.33. The number of allylic oxidation sites excluding steroid dienone is 1. The van der Waals surface area contributed by atoms with Crippen molar-refractivity contribution in [1.82, 2.24) is 21.1 Å². The van der Waals surface area contributed by atoms with Crippen molar-refractivity contribution in [1.29, 1.82) is 0 Å². The van der Waals surface area contributed by atoms with E-state index in [1.165, 1.54) is 5.70 Å². The highest BCUT2D eigenvalue weighted by Gasteiger charge is 2.16. The lowest BCUT2D eigenvalue weighted by atomic mass is 10.1. The summed E-state index contributed by atoms with van der Waals surface area (Å²) in [7, 11) is 0. The van der Waals surface area contributed by atoms with E-state index in [1.807, 2.05) is 30.3 Å². The summed E-state index contributed by atoms with van der Waals surface area (Å²) in [5, 5.41) is 4.99. The van der Waals surface area contributed by atoms with Crippen LogP contribution in [0.5, 0.6) is 0 Å². The Bertz CT molecular complexity index is 775. The quantitative estimate of drug-likeness (QED) is 0.456. The third kappa shape index (κ3) is 5.87. The molecule has 27 heavy (non-hydrogen) atoms. The molecule has 5 nitrogen and oxygen atoms in total. The number of hydrazine groups is 1. The molecule has 1 aromatic carbocycles. The van der Waals surface area contributed by atoms with Crippen LogP contribution in [0.4, 0.5) is 0 Å². The van der Waals surface area contributed by atoms with Crippen LogP contribution in [-0.2, 0) is 13.1 Å². The minimum Gasteiger partial charge on any atom is -0.467 e. The van der Waals surface area contributed by atoms with E-state index < -0.39 is 0 Å². The lowest BCUT2D eigenvalue weighted by molar-refractivity contribution is 0.304. The van der Waals surface area contributed by atoms with Crippen LogP contribution in [0.1, 0.15) is 24.2 Å². The number of hydrogen-bond donors (Lipinski definition) is 3. The molecule has 2 heterocycles. The molecule has 0 atom stereocenters. The van der Waals surface area contributed by atoms with Gasteiger partial charge in [-0.1, -0.05) is 35.3 Å². The number of hydrogen-bond acceptors (Lipinski definition) is 4. The van der Waals surface area contributed by atoms with E-state index in [1.54, 1.807) is 6.26 Å². The molecular weight excluding hydrogens is 403 g/mol. The highest BCUT2D eigenvalue weighted by molar-refractivity contribution is 7.80. The van der Waals surface area contributed by atoms with E-state index >= 15 is 0 Å². The first-order valence-electron chi connectivity index (χ1n) is 8.79. The average molecular weight is 425 g/mol. The van der Waals surface area contributed by atoms with E-state index in [2.05, 4.69) is 27.1 Å². The van der Waals surface area contributed by atoms with Crippen LogP contribution in [0, 0.1) is 0 Å². The Kier molecular flexibility index (Phi) is 7.41. The van der Waals surface area contributed by atoms with Gasteiger partial charge in [0.05, 0.1) is 19.4 Å². The van der Waals surface area contributed by atoms with Crippen molar-refractivity contribution in [2.45, 2.75) is 25.9 Å². The van der Waals surface area contributed by atoms with E-state index in [9.17, 15) is 0 Å². The monoisotopic (exact) mass is 424 g/mol. The maximum absolute atomic E-state index is 6.33. The molecule has 144 valence electrons. The Labute approximate surface area is 174 Å². The molecule has 1 aromatic heterocycles. The summed E-state index contributed by atoms with van der Waals surface area (Å²) < 4.78 is 5.27. The van der Waals surface area contributed by atoms with E-state index in [0.717, 1.165) is 30.7 Å². The molecule has 0 saturated carbocycles. The van der Waals surface area contributed by atoms with Crippen LogP contribution in [-0.4, -0.2) is 23.1 Å². The summed E-state index contributed by atoms with van der Waals surface area (Å²) in [5.74, 6) is 0.830. The third-order valence-electron chi connectivity index (χ3n) is 4.30. The predicted molar refractivity (Wildman–Crippen MR) is 113 cm³/mol. The Morgan fingerprint density at radius 2 is 1.96 bits per heavy atom. The molecule has 0 radical (unpaired) electrons. The summed E-state index contributed by atoms with van der Waals surface area (Å²) in [6.07, 6.45) is 6.05. The number of benzene rings is 1. The van der Waals surface area contributed by atoms with E-state index in [4.69, 9.17) is 39.8 Å². The van der Waals surface area contributed by atoms with Gasteiger partial charge < -0.3 is 14.6 Å². The summed E-state index contributed by atoms with van der Waals surface area (Å²) in [4.78, 5) is 2.30. The van der Waals surface area contributed by atoms with Gasteiger partial charge in [0.25, 0.3) is 0 Å². The smallest absolute Gasteiger partial charge is 0.181 e. The van der Waals surface area contributed by atoms with Crippen molar-refractivity contribution in [3.8, 4) is 0 Å². The molecule has 0 bridgehead atoms. The fourth-order valence-corrected chi connectivity index (χ4v) is 3.56. The molecule has 1 aliphatic rings. The van der Waals surface area contributed by atoms with Crippen molar-refractivity contribution in [2.24, 2.45) is 0 Å². The second-order valence-corrected chi connectivity index (χ2v) is 7.42. The van der Waals surface area contributed by atoms with Gasteiger partial charge in [0, 0.05) is 34.4 Å². The van der Waals surface area contributed by atoms with Crippen molar-refractivity contribution >= 4 is 40.5 Å². The normalized spacial score (nSPS) is 14.0. The molecule has 1 aliphatic heterocycles. The van der Waals surface area contributed by atoms with Gasteiger partial charge >= 0.3 is 0 Å². The second kappa shape index (κ2) is 9.99. The highest BCUT2D eigenvalue weighted by atomic mass is 35.5. The highest BCUT2D eigenvalue weighted by Crippen LogP contribution is 2.28. The van der Waals surface area contributed by atoms with Crippen LogP contribution in [0.3, 0.4) is 0 Å². The molecule has 3 N–H and O–H groups in total. The first kappa shape index (κ1) is 20.0. The zero-order valence-corrected chi connectivity index (χ0v) is 17.1. The van der Waals surface area contributed by atoms with Gasteiger partial charge in [0.15, 0.2) is 5.11 Å². The van der Waals surface area contributed by atoms with E-state index in [0.29, 0.717) is 34.8 Å². The molecule has 0 saturated heterocycles. The molecule has 0 aliphatic carbocycles. The second-order valence-electron chi connectivity index (χ2n) is 6.20. The molecule has 0 spiro atoms. The van der Waals surface area contributed by atoms with Gasteiger partial charge in [-0.15, -0.1) is 0 Å². The van der Waals surface area contributed by atoms with Gasteiger partial charge in [0.2, 0.25) is 0 Å². The van der Waals surface area contributed by atoms with Crippen molar-refractivity contribution in [2.75, 3.05) is 13.1 Å². The summed E-state index contributed by atoms with van der Waals surface area (Å²) in [6, 6.07) is 9.36. The van der Waals surface area contributed by atoms with Gasteiger partial charge in [-0.3, -0.25) is 5.43 Å². The molecule has 0 fully saturated rings. The lowest BCUT2D eigenvalue weighted by Gasteiger charge is -2.31. The number of halogens is 2. The topological polar surface area (TPSA) is 52.5 Å². The van der Waals surface area contributed by atoms with Gasteiger partial charge in [0.1, 0.15) is 5.76 Å². The first-order valence-corrected chi connectivity index (χ1v) is 9.96. The Hall–Kier alpha value is -1.73. The molecule has 2 aromatic rings.